The van der Waals surface area contributed by atoms with Crippen molar-refractivity contribution in [1.82, 2.24) is 19.9 Å². The molecule has 2 fully saturated rings. The predicted molar refractivity (Wildman–Crippen MR) is 96.5 cm³/mol. The Morgan fingerprint density at radius 3 is 2.73 bits per heavy atom. The quantitative estimate of drug-likeness (QED) is 0.676. The number of rotatable bonds is 6. The molecule has 0 bridgehead atoms. The first-order valence-electron chi connectivity index (χ1n) is 8.88. The molecule has 1 amide bonds. The number of piperidine rings is 1. The van der Waals surface area contributed by atoms with Crippen LogP contribution < -0.4 is 0 Å². The molecule has 3 rings (SSSR count). The molecule has 1 spiro atoms. The Balaban J connectivity index is 1.44. The van der Waals surface area contributed by atoms with Gasteiger partial charge in [0.2, 0.25) is 11.8 Å². The van der Waals surface area contributed by atoms with E-state index in [1.807, 2.05) is 23.9 Å². The SMILES string of the molecule is Cc1noc(CSCC(=O)N2CCC3(CC2)CC(CN(C)C)OC3=O)n1. The summed E-state index contributed by atoms with van der Waals surface area (Å²) >= 11 is 1.47. The highest BCUT2D eigenvalue weighted by Gasteiger charge is 2.50. The van der Waals surface area contributed by atoms with Gasteiger partial charge in [-0.3, -0.25) is 9.59 Å². The van der Waals surface area contributed by atoms with Gasteiger partial charge >= 0.3 is 5.97 Å². The van der Waals surface area contributed by atoms with Gasteiger partial charge in [0, 0.05) is 26.1 Å². The van der Waals surface area contributed by atoms with Gasteiger partial charge in [0.25, 0.3) is 0 Å². The molecule has 0 N–H and O–H groups in total. The minimum absolute atomic E-state index is 0.0341. The molecule has 1 atom stereocenters. The maximum atomic E-state index is 12.4. The third-order valence-electron chi connectivity index (χ3n) is 4.99. The summed E-state index contributed by atoms with van der Waals surface area (Å²) in [6, 6.07) is 0. The number of hydrogen-bond donors (Lipinski definition) is 0. The molecule has 0 radical (unpaired) electrons. The second-order valence-electron chi connectivity index (χ2n) is 7.38. The molecule has 9 heteroatoms. The van der Waals surface area contributed by atoms with Crippen LogP contribution in [0.1, 0.15) is 31.0 Å². The number of carbonyl (C=O) groups excluding carboxylic acids is 2. The molecule has 2 aliphatic rings. The van der Waals surface area contributed by atoms with Crippen LogP contribution in [0.25, 0.3) is 0 Å². The Bertz CT molecular complexity index is 655. The van der Waals surface area contributed by atoms with E-state index in [2.05, 4.69) is 10.1 Å². The molecule has 2 aliphatic heterocycles. The summed E-state index contributed by atoms with van der Waals surface area (Å²) < 4.78 is 10.6. The Kier molecular flexibility index (Phi) is 5.86. The van der Waals surface area contributed by atoms with Crippen molar-refractivity contribution >= 4 is 23.6 Å². The number of thioether (sulfide) groups is 1. The van der Waals surface area contributed by atoms with E-state index in [1.54, 1.807) is 6.92 Å². The smallest absolute Gasteiger partial charge is 0.312 e. The molecule has 26 heavy (non-hydrogen) atoms. The number of likely N-dealkylation sites (N-methyl/N-ethyl adjacent to an activating group) is 1. The number of esters is 1. The summed E-state index contributed by atoms with van der Waals surface area (Å²) in [6.07, 6.45) is 2.11. The number of cyclic esters (lactones) is 1. The highest BCUT2D eigenvalue weighted by Crippen LogP contribution is 2.43. The fourth-order valence-corrected chi connectivity index (χ4v) is 4.41. The number of aryl methyl sites for hydroxylation is 1. The van der Waals surface area contributed by atoms with E-state index in [4.69, 9.17) is 9.26 Å². The van der Waals surface area contributed by atoms with Gasteiger partial charge in [-0.25, -0.2) is 0 Å². The topological polar surface area (TPSA) is 88.8 Å². The highest BCUT2D eigenvalue weighted by molar-refractivity contribution is 7.99. The first kappa shape index (κ1) is 19.2. The summed E-state index contributed by atoms with van der Waals surface area (Å²) in [5, 5.41) is 3.73. The number of carbonyl (C=O) groups is 2. The standard InChI is InChI=1S/C17H26N4O4S/c1-12-18-14(25-19-12)10-26-11-15(22)21-6-4-17(5-7-21)8-13(9-20(2)3)24-16(17)23/h13H,4-11H2,1-3H3. The van der Waals surface area contributed by atoms with Crippen molar-refractivity contribution < 1.29 is 18.8 Å². The molecular weight excluding hydrogens is 356 g/mol. The summed E-state index contributed by atoms with van der Waals surface area (Å²) in [7, 11) is 3.96. The fraction of sp³-hybridized carbons (Fsp3) is 0.765. The van der Waals surface area contributed by atoms with Crippen molar-refractivity contribution in [1.29, 1.82) is 0 Å². The normalized spacial score (nSPS) is 22.2. The van der Waals surface area contributed by atoms with E-state index in [9.17, 15) is 9.59 Å². The largest absolute Gasteiger partial charge is 0.461 e. The molecule has 1 aromatic rings. The lowest BCUT2D eigenvalue weighted by Crippen LogP contribution is -2.45. The fourth-order valence-electron chi connectivity index (χ4n) is 3.65. The molecule has 1 unspecified atom stereocenters. The average molecular weight is 382 g/mol. The van der Waals surface area contributed by atoms with Gasteiger partial charge in [-0.15, -0.1) is 11.8 Å². The molecule has 0 saturated carbocycles. The van der Waals surface area contributed by atoms with Crippen LogP contribution in [0.5, 0.6) is 0 Å². The number of hydrogen-bond acceptors (Lipinski definition) is 8. The van der Waals surface area contributed by atoms with Crippen LogP contribution in [0.4, 0.5) is 0 Å². The van der Waals surface area contributed by atoms with Crippen LogP contribution >= 0.6 is 11.8 Å². The van der Waals surface area contributed by atoms with Crippen molar-refractivity contribution in [2.45, 2.75) is 38.0 Å². The molecule has 1 aromatic heterocycles. The second-order valence-corrected chi connectivity index (χ2v) is 8.37. The van der Waals surface area contributed by atoms with Gasteiger partial charge in [0.15, 0.2) is 5.82 Å². The number of aromatic nitrogens is 2. The Hall–Kier alpha value is -1.61. The van der Waals surface area contributed by atoms with E-state index in [0.29, 0.717) is 49.2 Å². The van der Waals surface area contributed by atoms with E-state index in [0.717, 1.165) is 13.0 Å². The van der Waals surface area contributed by atoms with E-state index in [1.165, 1.54) is 11.8 Å². The van der Waals surface area contributed by atoms with Gasteiger partial charge in [0.05, 0.1) is 16.9 Å². The van der Waals surface area contributed by atoms with Crippen molar-refractivity contribution in [2.24, 2.45) is 5.41 Å². The number of ether oxygens (including phenoxy) is 1. The van der Waals surface area contributed by atoms with E-state index in [-0.39, 0.29) is 18.0 Å². The molecule has 0 aliphatic carbocycles. The highest BCUT2D eigenvalue weighted by atomic mass is 32.2. The Labute approximate surface area is 157 Å². The van der Waals surface area contributed by atoms with Crippen LogP contribution in [0.2, 0.25) is 0 Å². The van der Waals surface area contributed by atoms with Crippen LogP contribution in [-0.2, 0) is 20.1 Å². The molecule has 0 aromatic carbocycles. The maximum Gasteiger partial charge on any atom is 0.312 e. The third kappa shape index (κ3) is 4.37. The zero-order valence-corrected chi connectivity index (χ0v) is 16.4. The van der Waals surface area contributed by atoms with Crippen LogP contribution in [0, 0.1) is 12.3 Å². The van der Waals surface area contributed by atoms with Crippen molar-refractivity contribution in [3.8, 4) is 0 Å². The molecule has 2 saturated heterocycles. The monoisotopic (exact) mass is 382 g/mol. The van der Waals surface area contributed by atoms with Gasteiger partial charge in [0.1, 0.15) is 6.10 Å². The lowest BCUT2D eigenvalue weighted by Gasteiger charge is -2.36. The van der Waals surface area contributed by atoms with Crippen molar-refractivity contribution in [2.75, 3.05) is 39.5 Å². The zero-order chi connectivity index (χ0) is 18.7. The molecule has 3 heterocycles. The maximum absolute atomic E-state index is 12.4. The Morgan fingerprint density at radius 1 is 1.38 bits per heavy atom. The molecule has 144 valence electrons. The Morgan fingerprint density at radius 2 is 2.12 bits per heavy atom. The van der Waals surface area contributed by atoms with Crippen molar-refractivity contribution in [3.05, 3.63) is 11.7 Å². The summed E-state index contributed by atoms with van der Waals surface area (Å²) in [5.41, 5.74) is -0.397. The minimum atomic E-state index is -0.397. The van der Waals surface area contributed by atoms with Gasteiger partial charge < -0.3 is 19.1 Å². The summed E-state index contributed by atoms with van der Waals surface area (Å²) in [4.78, 5) is 32.8. The average Bonchev–Trinajstić information content (AvgIpc) is 3.11. The lowest BCUT2D eigenvalue weighted by molar-refractivity contribution is -0.152. The summed E-state index contributed by atoms with van der Waals surface area (Å²) in [5.74, 6) is 2.06. The molecular formula is C17H26N4O4S. The minimum Gasteiger partial charge on any atom is -0.461 e. The molecule has 8 nitrogen and oxygen atoms in total. The number of nitrogens with zero attached hydrogens (tertiary/aromatic N) is 4. The third-order valence-corrected chi connectivity index (χ3v) is 5.89. The summed E-state index contributed by atoms with van der Waals surface area (Å²) in [6.45, 7) is 3.75. The zero-order valence-electron chi connectivity index (χ0n) is 15.6. The number of likely N-dealkylation sites (tertiary alicyclic amines) is 1. The first-order chi connectivity index (χ1) is 12.4. The van der Waals surface area contributed by atoms with Crippen molar-refractivity contribution in [3.63, 3.8) is 0 Å². The predicted octanol–water partition coefficient (Wildman–Crippen LogP) is 1.10. The van der Waals surface area contributed by atoms with Gasteiger partial charge in [-0.05, 0) is 33.9 Å². The first-order valence-corrected chi connectivity index (χ1v) is 10.0. The second kappa shape index (κ2) is 7.96. The van der Waals surface area contributed by atoms with Crippen LogP contribution in [0.15, 0.2) is 4.52 Å². The van der Waals surface area contributed by atoms with Crippen LogP contribution in [0.3, 0.4) is 0 Å². The van der Waals surface area contributed by atoms with Gasteiger partial charge in [-0.2, -0.15) is 4.98 Å². The lowest BCUT2D eigenvalue weighted by atomic mass is 9.76. The number of amides is 1. The van der Waals surface area contributed by atoms with Crippen LogP contribution in [-0.4, -0.2) is 77.4 Å². The van der Waals surface area contributed by atoms with Gasteiger partial charge in [-0.1, -0.05) is 5.16 Å². The van der Waals surface area contributed by atoms with E-state index >= 15 is 0 Å². The van der Waals surface area contributed by atoms with E-state index < -0.39 is 5.41 Å².